The summed E-state index contributed by atoms with van der Waals surface area (Å²) in [4.78, 5) is 4.50. The van der Waals surface area contributed by atoms with Gasteiger partial charge >= 0.3 is 0 Å². The number of aromatic nitrogens is 1. The number of ether oxygens (including phenoxy) is 1. The third kappa shape index (κ3) is 2.66. The molecular formula is C25H35NO. The van der Waals surface area contributed by atoms with Gasteiger partial charge in [0.05, 0.1) is 0 Å². The topological polar surface area (TPSA) is 22.1 Å². The minimum absolute atomic E-state index is 0.348. The van der Waals surface area contributed by atoms with Crippen LogP contribution in [-0.4, -0.2) is 18.2 Å². The van der Waals surface area contributed by atoms with Crippen molar-refractivity contribution in [1.82, 2.24) is 4.98 Å². The summed E-state index contributed by atoms with van der Waals surface area (Å²) in [5.74, 6) is 3.52. The number of hydrogen-bond acceptors (Lipinski definition) is 2. The number of rotatable bonds is 1. The zero-order valence-corrected chi connectivity index (χ0v) is 17.3. The van der Waals surface area contributed by atoms with Crippen molar-refractivity contribution in [2.45, 2.75) is 65.7 Å². The molecule has 0 radical (unpaired) electrons. The average Bonchev–Trinajstić information content (AvgIpc) is 2.88. The second kappa shape index (κ2) is 6.44. The number of allylic oxidation sites excluding steroid dienone is 2. The summed E-state index contributed by atoms with van der Waals surface area (Å²) in [5, 5.41) is 0. The molecule has 5 rings (SSSR count). The predicted octanol–water partition coefficient (Wildman–Crippen LogP) is 6.05. The zero-order valence-electron chi connectivity index (χ0n) is 17.3. The summed E-state index contributed by atoms with van der Waals surface area (Å²) in [5.41, 5.74) is 5.11. The van der Waals surface area contributed by atoms with Gasteiger partial charge in [0, 0.05) is 25.6 Å². The van der Waals surface area contributed by atoms with Gasteiger partial charge in [-0.05, 0) is 109 Å². The Balaban J connectivity index is 1.45. The van der Waals surface area contributed by atoms with Crippen LogP contribution in [-0.2, 0) is 4.74 Å². The fourth-order valence-electron chi connectivity index (χ4n) is 7.74. The van der Waals surface area contributed by atoms with Gasteiger partial charge in [-0.15, -0.1) is 0 Å². The lowest BCUT2D eigenvalue weighted by molar-refractivity contribution is -0.0798. The maximum absolute atomic E-state index is 5.91. The van der Waals surface area contributed by atoms with Gasteiger partial charge in [0.15, 0.2) is 0 Å². The van der Waals surface area contributed by atoms with Crippen LogP contribution in [0, 0.1) is 41.4 Å². The number of aryl methyl sites for hydroxylation is 1. The molecular weight excluding hydrogens is 330 g/mol. The van der Waals surface area contributed by atoms with Crippen molar-refractivity contribution in [3.05, 3.63) is 35.7 Å². The van der Waals surface area contributed by atoms with E-state index in [9.17, 15) is 0 Å². The summed E-state index contributed by atoms with van der Waals surface area (Å²) in [6.07, 6.45) is 16.1. The van der Waals surface area contributed by atoms with Crippen molar-refractivity contribution in [2.75, 3.05) is 13.2 Å². The highest BCUT2D eigenvalue weighted by Crippen LogP contribution is 2.66. The van der Waals surface area contributed by atoms with Crippen molar-refractivity contribution in [3.8, 4) is 0 Å². The Bertz CT molecular complexity index is 754. The Morgan fingerprint density at radius 3 is 2.74 bits per heavy atom. The second-order valence-corrected chi connectivity index (χ2v) is 10.4. The maximum atomic E-state index is 5.91. The Kier molecular flexibility index (Phi) is 4.27. The molecule has 0 N–H and O–H groups in total. The van der Waals surface area contributed by atoms with Crippen molar-refractivity contribution in [1.29, 1.82) is 0 Å². The molecule has 1 aromatic heterocycles. The highest BCUT2D eigenvalue weighted by atomic mass is 16.5. The quantitative estimate of drug-likeness (QED) is 0.604. The normalized spacial score (nSPS) is 43.9. The van der Waals surface area contributed by atoms with Crippen LogP contribution in [0.15, 0.2) is 24.5 Å². The van der Waals surface area contributed by atoms with Gasteiger partial charge in [0.1, 0.15) is 0 Å². The van der Waals surface area contributed by atoms with Gasteiger partial charge in [-0.3, -0.25) is 4.98 Å². The molecule has 6 unspecified atom stereocenters. The van der Waals surface area contributed by atoms with Crippen LogP contribution in [0.25, 0.3) is 5.57 Å². The van der Waals surface area contributed by atoms with Gasteiger partial charge < -0.3 is 4.74 Å². The van der Waals surface area contributed by atoms with E-state index in [1.54, 1.807) is 5.57 Å². The van der Waals surface area contributed by atoms with E-state index >= 15 is 0 Å². The molecule has 6 atom stereocenters. The highest BCUT2D eigenvalue weighted by Gasteiger charge is 2.57. The summed E-state index contributed by atoms with van der Waals surface area (Å²) < 4.78 is 5.91. The van der Waals surface area contributed by atoms with E-state index in [1.165, 1.54) is 56.1 Å². The molecule has 1 aromatic rings. The maximum Gasteiger partial charge on any atom is 0.0471 e. The molecule has 0 spiro atoms. The van der Waals surface area contributed by atoms with Crippen LogP contribution >= 0.6 is 0 Å². The SMILES string of the molecule is Cc1cncc(C2=CCC3C4CCC5CCOCCC5(C)C4CCC23C)c1. The molecule has 1 aliphatic heterocycles. The lowest BCUT2D eigenvalue weighted by atomic mass is 9.46. The predicted molar refractivity (Wildman–Crippen MR) is 110 cm³/mol. The van der Waals surface area contributed by atoms with Gasteiger partial charge in [0.2, 0.25) is 0 Å². The fourth-order valence-corrected chi connectivity index (χ4v) is 7.74. The van der Waals surface area contributed by atoms with E-state index in [1.807, 2.05) is 6.20 Å². The molecule has 2 heterocycles. The summed E-state index contributed by atoms with van der Waals surface area (Å²) in [6.45, 7) is 9.33. The fraction of sp³-hybridized carbons (Fsp3) is 0.720. The minimum Gasteiger partial charge on any atom is -0.381 e. The monoisotopic (exact) mass is 365 g/mol. The van der Waals surface area contributed by atoms with Crippen molar-refractivity contribution in [2.24, 2.45) is 34.5 Å². The first-order valence-corrected chi connectivity index (χ1v) is 11.2. The molecule has 27 heavy (non-hydrogen) atoms. The number of fused-ring (bicyclic) bond motifs is 5. The van der Waals surface area contributed by atoms with Crippen LogP contribution in [0.1, 0.15) is 69.9 Å². The summed E-state index contributed by atoms with van der Waals surface area (Å²) in [7, 11) is 0. The zero-order chi connectivity index (χ0) is 18.6. The van der Waals surface area contributed by atoms with Gasteiger partial charge in [-0.25, -0.2) is 0 Å². The molecule has 0 bridgehead atoms. The van der Waals surface area contributed by atoms with Crippen molar-refractivity contribution < 1.29 is 4.74 Å². The Hall–Kier alpha value is -1.15. The molecule has 0 aromatic carbocycles. The average molecular weight is 366 g/mol. The molecule has 2 nitrogen and oxygen atoms in total. The van der Waals surface area contributed by atoms with Crippen LogP contribution in [0.4, 0.5) is 0 Å². The lowest BCUT2D eigenvalue weighted by Crippen LogP contribution is -2.51. The number of nitrogens with zero attached hydrogens (tertiary/aromatic N) is 1. The molecule has 0 amide bonds. The first-order valence-electron chi connectivity index (χ1n) is 11.2. The lowest BCUT2D eigenvalue weighted by Gasteiger charge is -2.58. The smallest absolute Gasteiger partial charge is 0.0471 e. The second-order valence-electron chi connectivity index (χ2n) is 10.4. The molecule has 4 aliphatic rings. The third-order valence-electron chi connectivity index (χ3n) is 9.23. The van der Waals surface area contributed by atoms with Gasteiger partial charge in [-0.1, -0.05) is 19.9 Å². The van der Waals surface area contributed by atoms with E-state index in [0.717, 1.165) is 36.9 Å². The van der Waals surface area contributed by atoms with Crippen LogP contribution in [0.3, 0.4) is 0 Å². The molecule has 2 saturated carbocycles. The first-order chi connectivity index (χ1) is 13.0. The van der Waals surface area contributed by atoms with E-state index in [2.05, 4.69) is 44.1 Å². The van der Waals surface area contributed by atoms with E-state index in [4.69, 9.17) is 4.74 Å². The highest BCUT2D eigenvalue weighted by molar-refractivity contribution is 5.72. The third-order valence-corrected chi connectivity index (χ3v) is 9.23. The van der Waals surface area contributed by atoms with Crippen LogP contribution in [0.5, 0.6) is 0 Å². The van der Waals surface area contributed by atoms with Crippen molar-refractivity contribution >= 4 is 5.57 Å². The van der Waals surface area contributed by atoms with E-state index in [0.29, 0.717) is 10.8 Å². The molecule has 1 saturated heterocycles. The Morgan fingerprint density at radius 2 is 1.89 bits per heavy atom. The van der Waals surface area contributed by atoms with E-state index in [-0.39, 0.29) is 0 Å². The Labute approximate surface area is 164 Å². The molecule has 146 valence electrons. The van der Waals surface area contributed by atoms with Crippen LogP contribution < -0.4 is 0 Å². The molecule has 3 fully saturated rings. The van der Waals surface area contributed by atoms with Gasteiger partial charge in [0.25, 0.3) is 0 Å². The first kappa shape index (κ1) is 17.9. The van der Waals surface area contributed by atoms with E-state index < -0.39 is 0 Å². The Morgan fingerprint density at radius 1 is 1.00 bits per heavy atom. The molecule has 3 aliphatic carbocycles. The summed E-state index contributed by atoms with van der Waals surface area (Å²) >= 11 is 0. The molecule has 2 heteroatoms. The standard InChI is InChI=1S/C25H35NO/c1-17-14-18(16-26-15-17)21-6-7-22-20-5-4-19-9-12-27-13-11-24(19,2)23(20)8-10-25(21,22)3/h6,14-16,19-20,22-23H,4-5,7-13H2,1-3H3. The number of hydrogen-bond donors (Lipinski definition) is 0. The van der Waals surface area contributed by atoms with Crippen LogP contribution in [0.2, 0.25) is 0 Å². The van der Waals surface area contributed by atoms with Gasteiger partial charge in [-0.2, -0.15) is 0 Å². The minimum atomic E-state index is 0.348. The number of pyridine rings is 1. The summed E-state index contributed by atoms with van der Waals surface area (Å²) in [6, 6.07) is 2.35. The largest absolute Gasteiger partial charge is 0.381 e. The van der Waals surface area contributed by atoms with Crippen molar-refractivity contribution in [3.63, 3.8) is 0 Å².